The van der Waals surface area contributed by atoms with E-state index in [-0.39, 0.29) is 5.91 Å². The van der Waals surface area contributed by atoms with Gasteiger partial charge in [0.05, 0.1) is 27.2 Å². The van der Waals surface area contributed by atoms with Crippen LogP contribution in [0.15, 0.2) is 42.5 Å². The van der Waals surface area contributed by atoms with E-state index < -0.39 is 0 Å². The predicted octanol–water partition coefficient (Wildman–Crippen LogP) is 2.41. The molecule has 0 aliphatic carbocycles. The first-order valence-electron chi connectivity index (χ1n) is 8.07. The number of amides is 1. The molecule has 0 spiro atoms. The van der Waals surface area contributed by atoms with Crippen molar-refractivity contribution in [1.82, 2.24) is 5.32 Å². The fourth-order valence-corrected chi connectivity index (χ4v) is 2.24. The van der Waals surface area contributed by atoms with E-state index in [4.69, 9.17) is 19.9 Å². The number of benzene rings is 2. The fraction of sp³-hybridized carbons (Fsp3) is 0.316. The second-order valence-corrected chi connectivity index (χ2v) is 5.52. The van der Waals surface area contributed by atoms with Crippen molar-refractivity contribution in [1.29, 1.82) is 0 Å². The summed E-state index contributed by atoms with van der Waals surface area (Å²) >= 11 is 0. The molecule has 0 atom stereocenters. The molecular formula is C19H24N2O4. The molecule has 0 unspecified atom stereocenters. The van der Waals surface area contributed by atoms with Gasteiger partial charge in [0, 0.05) is 30.4 Å². The highest BCUT2D eigenvalue weighted by Gasteiger charge is 2.04. The second kappa shape index (κ2) is 9.42. The van der Waals surface area contributed by atoms with Crippen molar-refractivity contribution < 1.29 is 19.0 Å². The maximum atomic E-state index is 11.9. The molecule has 0 radical (unpaired) electrons. The Bertz CT molecular complexity index is 664. The highest BCUT2D eigenvalue weighted by molar-refractivity contribution is 5.78. The molecule has 0 saturated heterocycles. The molecule has 0 saturated carbocycles. The molecule has 0 aromatic heterocycles. The molecule has 0 aliphatic rings. The van der Waals surface area contributed by atoms with E-state index in [0.29, 0.717) is 48.9 Å². The van der Waals surface area contributed by atoms with Gasteiger partial charge >= 0.3 is 0 Å². The van der Waals surface area contributed by atoms with Crippen molar-refractivity contribution in [3.63, 3.8) is 0 Å². The Morgan fingerprint density at radius 2 is 1.60 bits per heavy atom. The van der Waals surface area contributed by atoms with Crippen LogP contribution in [-0.2, 0) is 11.2 Å². The van der Waals surface area contributed by atoms with Gasteiger partial charge < -0.3 is 25.3 Å². The van der Waals surface area contributed by atoms with Crippen molar-refractivity contribution in [2.24, 2.45) is 0 Å². The molecule has 2 aromatic carbocycles. The number of carbonyl (C=O) groups excluding carboxylic acids is 1. The molecule has 6 nitrogen and oxygen atoms in total. The van der Waals surface area contributed by atoms with Crippen molar-refractivity contribution in [2.45, 2.75) is 12.8 Å². The summed E-state index contributed by atoms with van der Waals surface area (Å²) in [4.78, 5) is 11.9. The highest BCUT2D eigenvalue weighted by Crippen LogP contribution is 2.27. The number of methoxy groups -OCH3 is 2. The summed E-state index contributed by atoms with van der Waals surface area (Å²) in [6, 6.07) is 12.7. The van der Waals surface area contributed by atoms with E-state index in [1.54, 1.807) is 44.6 Å². The SMILES string of the molecule is COc1cc(OC)cc(OCCCNC(=O)Cc2ccc(N)cc2)c1. The molecule has 2 rings (SSSR count). The van der Waals surface area contributed by atoms with Gasteiger partial charge in [-0.05, 0) is 24.1 Å². The first-order chi connectivity index (χ1) is 12.1. The van der Waals surface area contributed by atoms with Gasteiger partial charge in [0.1, 0.15) is 17.2 Å². The van der Waals surface area contributed by atoms with Crippen molar-refractivity contribution in [3.8, 4) is 17.2 Å². The quantitative estimate of drug-likeness (QED) is 0.539. The van der Waals surface area contributed by atoms with Crippen LogP contribution in [-0.4, -0.2) is 33.3 Å². The number of hydrogen-bond donors (Lipinski definition) is 2. The third kappa shape index (κ3) is 6.25. The molecule has 0 fully saturated rings. The third-order valence-corrected chi connectivity index (χ3v) is 3.58. The summed E-state index contributed by atoms with van der Waals surface area (Å²) in [6.07, 6.45) is 1.04. The van der Waals surface area contributed by atoms with Crippen LogP contribution in [0.1, 0.15) is 12.0 Å². The molecular weight excluding hydrogens is 320 g/mol. The monoisotopic (exact) mass is 344 g/mol. The van der Waals surface area contributed by atoms with Gasteiger partial charge in [-0.1, -0.05) is 12.1 Å². The zero-order valence-corrected chi connectivity index (χ0v) is 14.6. The fourth-order valence-electron chi connectivity index (χ4n) is 2.24. The van der Waals surface area contributed by atoms with Gasteiger partial charge in [0.25, 0.3) is 0 Å². The number of anilines is 1. The Morgan fingerprint density at radius 3 is 2.20 bits per heavy atom. The van der Waals surface area contributed by atoms with Crippen LogP contribution in [0.2, 0.25) is 0 Å². The van der Waals surface area contributed by atoms with E-state index in [9.17, 15) is 4.79 Å². The molecule has 6 heteroatoms. The van der Waals surface area contributed by atoms with Crippen LogP contribution >= 0.6 is 0 Å². The predicted molar refractivity (Wildman–Crippen MR) is 97.2 cm³/mol. The summed E-state index contributed by atoms with van der Waals surface area (Å²) in [7, 11) is 3.18. The Morgan fingerprint density at radius 1 is 1.00 bits per heavy atom. The highest BCUT2D eigenvalue weighted by atomic mass is 16.5. The summed E-state index contributed by atoms with van der Waals surface area (Å²) in [5.74, 6) is 1.99. The van der Waals surface area contributed by atoms with E-state index in [1.807, 2.05) is 12.1 Å². The van der Waals surface area contributed by atoms with Gasteiger partial charge in [0.15, 0.2) is 0 Å². The van der Waals surface area contributed by atoms with E-state index >= 15 is 0 Å². The van der Waals surface area contributed by atoms with Gasteiger partial charge in [-0.3, -0.25) is 4.79 Å². The van der Waals surface area contributed by atoms with E-state index in [1.165, 1.54) is 0 Å². The average Bonchev–Trinajstić information content (AvgIpc) is 2.63. The number of nitrogens with two attached hydrogens (primary N) is 1. The first-order valence-corrected chi connectivity index (χ1v) is 8.07. The lowest BCUT2D eigenvalue weighted by Crippen LogP contribution is -2.27. The molecule has 0 aliphatic heterocycles. The number of nitrogens with one attached hydrogen (secondary N) is 1. The van der Waals surface area contributed by atoms with Gasteiger partial charge in [-0.2, -0.15) is 0 Å². The van der Waals surface area contributed by atoms with Crippen LogP contribution in [0, 0.1) is 0 Å². The normalized spacial score (nSPS) is 10.2. The Hall–Kier alpha value is -2.89. The second-order valence-electron chi connectivity index (χ2n) is 5.52. The maximum Gasteiger partial charge on any atom is 0.224 e. The summed E-state index contributed by atoms with van der Waals surface area (Å²) < 4.78 is 16.1. The summed E-state index contributed by atoms with van der Waals surface area (Å²) in [5.41, 5.74) is 7.25. The summed E-state index contributed by atoms with van der Waals surface area (Å²) in [6.45, 7) is 1.04. The van der Waals surface area contributed by atoms with Crippen LogP contribution in [0.3, 0.4) is 0 Å². The molecule has 3 N–H and O–H groups in total. The lowest BCUT2D eigenvalue weighted by molar-refractivity contribution is -0.120. The van der Waals surface area contributed by atoms with Gasteiger partial charge in [-0.25, -0.2) is 0 Å². The van der Waals surface area contributed by atoms with E-state index in [0.717, 1.165) is 5.56 Å². The number of ether oxygens (including phenoxy) is 3. The van der Waals surface area contributed by atoms with Crippen LogP contribution in [0.25, 0.3) is 0 Å². The molecule has 1 amide bonds. The molecule has 0 bridgehead atoms. The Kier molecular flexibility index (Phi) is 6.95. The smallest absolute Gasteiger partial charge is 0.224 e. The maximum absolute atomic E-state index is 11.9. The van der Waals surface area contributed by atoms with Gasteiger partial charge in [-0.15, -0.1) is 0 Å². The number of rotatable bonds is 9. The Balaban J connectivity index is 1.69. The molecule has 25 heavy (non-hydrogen) atoms. The topological polar surface area (TPSA) is 82.8 Å². The minimum absolute atomic E-state index is 0.0205. The molecule has 134 valence electrons. The standard InChI is InChI=1S/C19H24N2O4/c1-23-16-11-17(24-2)13-18(12-16)25-9-3-8-21-19(22)10-14-4-6-15(20)7-5-14/h4-7,11-13H,3,8-10,20H2,1-2H3,(H,21,22). The Labute approximate surface area is 147 Å². The van der Waals surface area contributed by atoms with Crippen molar-refractivity contribution in [2.75, 3.05) is 33.1 Å². The minimum atomic E-state index is -0.0205. The third-order valence-electron chi connectivity index (χ3n) is 3.58. The number of carbonyl (C=O) groups is 1. The largest absolute Gasteiger partial charge is 0.496 e. The molecule has 0 heterocycles. The first kappa shape index (κ1) is 18.4. The van der Waals surface area contributed by atoms with Crippen molar-refractivity contribution in [3.05, 3.63) is 48.0 Å². The van der Waals surface area contributed by atoms with Crippen LogP contribution in [0.5, 0.6) is 17.2 Å². The zero-order chi connectivity index (χ0) is 18.1. The van der Waals surface area contributed by atoms with Crippen LogP contribution in [0.4, 0.5) is 5.69 Å². The van der Waals surface area contributed by atoms with Gasteiger partial charge in [0.2, 0.25) is 5.91 Å². The van der Waals surface area contributed by atoms with Crippen LogP contribution < -0.4 is 25.3 Å². The lowest BCUT2D eigenvalue weighted by Gasteiger charge is -2.10. The van der Waals surface area contributed by atoms with Crippen molar-refractivity contribution >= 4 is 11.6 Å². The average molecular weight is 344 g/mol. The van der Waals surface area contributed by atoms with E-state index in [2.05, 4.69) is 5.32 Å². The lowest BCUT2D eigenvalue weighted by atomic mass is 10.1. The zero-order valence-electron chi connectivity index (χ0n) is 14.6. The number of hydrogen-bond acceptors (Lipinski definition) is 5. The molecule has 2 aromatic rings. The number of nitrogen functional groups attached to an aromatic ring is 1. The summed E-state index contributed by atoms with van der Waals surface area (Å²) in [5, 5.41) is 2.88. The minimum Gasteiger partial charge on any atom is -0.496 e.